The number of benzene rings is 2. The highest BCUT2D eigenvalue weighted by Gasteiger charge is 2.14. The van der Waals surface area contributed by atoms with Crippen molar-refractivity contribution in [3.8, 4) is 0 Å². The summed E-state index contributed by atoms with van der Waals surface area (Å²) in [5, 5.41) is 0. The second-order valence-electron chi connectivity index (χ2n) is 4.95. The molecule has 1 amide bonds. The van der Waals surface area contributed by atoms with Crippen molar-refractivity contribution in [2.45, 2.75) is 24.7 Å². The first kappa shape index (κ1) is 16.2. The number of carbonyl (C=O) groups excluding carboxylic acids is 1. The van der Waals surface area contributed by atoms with Gasteiger partial charge in [-0.15, -0.1) is 4.83 Å². The van der Waals surface area contributed by atoms with Gasteiger partial charge in [0.1, 0.15) is 0 Å². The summed E-state index contributed by atoms with van der Waals surface area (Å²) in [5.74, 6) is -0.375. The van der Waals surface area contributed by atoms with Crippen LogP contribution in [0.3, 0.4) is 0 Å². The van der Waals surface area contributed by atoms with Gasteiger partial charge in [0.2, 0.25) is 5.91 Å². The smallest absolute Gasteiger partial charge is 0.257 e. The van der Waals surface area contributed by atoms with E-state index < -0.39 is 10.0 Å². The maximum absolute atomic E-state index is 12.0. The summed E-state index contributed by atoms with van der Waals surface area (Å²) in [4.78, 5) is 13.9. The molecule has 0 saturated heterocycles. The Morgan fingerprint density at radius 2 is 1.64 bits per heavy atom. The summed E-state index contributed by atoms with van der Waals surface area (Å²) >= 11 is 0. The van der Waals surface area contributed by atoms with Crippen LogP contribution >= 0.6 is 0 Å². The van der Waals surface area contributed by atoms with Crippen LogP contribution in [0.1, 0.15) is 17.5 Å². The first-order valence-electron chi connectivity index (χ1n) is 6.88. The summed E-state index contributed by atoms with van der Waals surface area (Å²) < 4.78 is 24.0. The second kappa shape index (κ2) is 7.20. The Morgan fingerprint density at radius 3 is 2.27 bits per heavy atom. The average Bonchev–Trinajstić information content (AvgIpc) is 2.52. The Balaban J connectivity index is 1.86. The largest absolute Gasteiger partial charge is 0.278 e. The highest BCUT2D eigenvalue weighted by Crippen LogP contribution is 2.09. The molecule has 0 aliphatic heterocycles. The molecule has 0 saturated carbocycles. The predicted octanol–water partition coefficient (Wildman–Crippen LogP) is 1.94. The van der Waals surface area contributed by atoms with E-state index in [4.69, 9.17) is 0 Å². The lowest BCUT2D eigenvalue weighted by atomic mass is 10.1. The molecule has 2 N–H and O–H groups in total. The van der Waals surface area contributed by atoms with Crippen molar-refractivity contribution in [1.82, 2.24) is 10.3 Å². The van der Waals surface area contributed by atoms with Gasteiger partial charge in [-0.1, -0.05) is 48.0 Å². The fourth-order valence-corrected chi connectivity index (χ4v) is 2.73. The number of sulfonamides is 1. The SMILES string of the molecule is Cc1ccc(S(=O)(=O)NNC(=O)CCc2ccccc2)cc1. The average molecular weight is 318 g/mol. The van der Waals surface area contributed by atoms with Crippen molar-refractivity contribution in [1.29, 1.82) is 0 Å². The molecule has 5 nitrogen and oxygen atoms in total. The van der Waals surface area contributed by atoms with E-state index in [1.807, 2.05) is 37.3 Å². The number of carbonyl (C=O) groups is 1. The van der Waals surface area contributed by atoms with Gasteiger partial charge in [-0.25, -0.2) is 8.42 Å². The number of aryl methyl sites for hydroxylation is 2. The third kappa shape index (κ3) is 4.68. The molecular formula is C16H18N2O3S. The van der Waals surface area contributed by atoms with Crippen molar-refractivity contribution in [2.24, 2.45) is 0 Å². The van der Waals surface area contributed by atoms with Crippen LogP contribution in [-0.2, 0) is 21.2 Å². The van der Waals surface area contributed by atoms with E-state index in [-0.39, 0.29) is 17.2 Å². The molecule has 0 aliphatic rings. The molecular weight excluding hydrogens is 300 g/mol. The zero-order valence-corrected chi connectivity index (χ0v) is 13.1. The van der Waals surface area contributed by atoms with Crippen LogP contribution in [0.5, 0.6) is 0 Å². The van der Waals surface area contributed by atoms with Crippen molar-refractivity contribution >= 4 is 15.9 Å². The Labute approximate surface area is 130 Å². The minimum Gasteiger partial charge on any atom is -0.278 e. The highest BCUT2D eigenvalue weighted by molar-refractivity contribution is 7.89. The van der Waals surface area contributed by atoms with Gasteiger partial charge in [0.25, 0.3) is 10.0 Å². The molecule has 2 aromatic carbocycles. The Morgan fingerprint density at radius 1 is 1.00 bits per heavy atom. The van der Waals surface area contributed by atoms with Crippen molar-refractivity contribution in [2.75, 3.05) is 0 Å². The zero-order valence-electron chi connectivity index (χ0n) is 12.2. The molecule has 0 unspecified atom stereocenters. The molecule has 22 heavy (non-hydrogen) atoms. The standard InChI is InChI=1S/C16H18N2O3S/c1-13-7-10-15(11-8-13)22(20,21)18-17-16(19)12-9-14-5-3-2-4-6-14/h2-8,10-11,18H,9,12H2,1H3,(H,17,19). The lowest BCUT2D eigenvalue weighted by Gasteiger charge is -2.08. The minimum absolute atomic E-state index is 0.112. The number of hydrogen-bond donors (Lipinski definition) is 2. The van der Waals surface area contributed by atoms with Gasteiger partial charge in [0.05, 0.1) is 4.90 Å². The van der Waals surface area contributed by atoms with Gasteiger partial charge in [0, 0.05) is 6.42 Å². The zero-order chi connectivity index (χ0) is 16.0. The number of rotatable bonds is 6. The minimum atomic E-state index is -3.74. The molecule has 0 radical (unpaired) electrons. The summed E-state index contributed by atoms with van der Waals surface area (Å²) in [6.07, 6.45) is 0.763. The third-order valence-electron chi connectivity index (χ3n) is 3.14. The Bertz CT molecular complexity index is 726. The molecule has 0 aliphatic carbocycles. The summed E-state index contributed by atoms with van der Waals surface area (Å²) in [6, 6.07) is 15.9. The number of nitrogens with one attached hydrogen (secondary N) is 2. The van der Waals surface area contributed by atoms with Crippen LogP contribution in [0, 0.1) is 6.92 Å². The van der Waals surface area contributed by atoms with Crippen LogP contribution in [0.25, 0.3) is 0 Å². The monoisotopic (exact) mass is 318 g/mol. The summed E-state index contributed by atoms with van der Waals surface area (Å²) in [6.45, 7) is 1.87. The van der Waals surface area contributed by atoms with Crippen molar-refractivity contribution in [3.63, 3.8) is 0 Å². The number of hydrazine groups is 1. The van der Waals surface area contributed by atoms with E-state index in [1.165, 1.54) is 12.1 Å². The van der Waals surface area contributed by atoms with Crippen LogP contribution in [0.2, 0.25) is 0 Å². The Hall–Kier alpha value is -2.18. The maximum Gasteiger partial charge on any atom is 0.257 e. The maximum atomic E-state index is 12.0. The van der Waals surface area contributed by atoms with Crippen LogP contribution in [0.4, 0.5) is 0 Å². The molecule has 2 aromatic rings. The summed E-state index contributed by atoms with van der Waals surface area (Å²) in [5.41, 5.74) is 4.22. The van der Waals surface area contributed by atoms with Gasteiger partial charge < -0.3 is 0 Å². The lowest BCUT2D eigenvalue weighted by Crippen LogP contribution is -2.41. The fourth-order valence-electron chi connectivity index (χ4n) is 1.87. The van der Waals surface area contributed by atoms with E-state index in [0.717, 1.165) is 11.1 Å². The van der Waals surface area contributed by atoms with Gasteiger partial charge in [-0.2, -0.15) is 0 Å². The number of hydrogen-bond acceptors (Lipinski definition) is 3. The molecule has 0 heterocycles. The molecule has 116 valence electrons. The van der Waals surface area contributed by atoms with E-state index in [1.54, 1.807) is 12.1 Å². The first-order valence-corrected chi connectivity index (χ1v) is 8.37. The van der Waals surface area contributed by atoms with Gasteiger partial charge in [-0.05, 0) is 31.0 Å². The van der Waals surface area contributed by atoms with E-state index in [0.29, 0.717) is 6.42 Å². The third-order valence-corrected chi connectivity index (χ3v) is 4.40. The molecule has 0 fully saturated rings. The molecule has 2 rings (SSSR count). The normalized spacial score (nSPS) is 11.1. The fraction of sp³-hybridized carbons (Fsp3) is 0.188. The predicted molar refractivity (Wildman–Crippen MR) is 84.4 cm³/mol. The van der Waals surface area contributed by atoms with Crippen LogP contribution < -0.4 is 10.3 Å². The van der Waals surface area contributed by atoms with E-state index >= 15 is 0 Å². The highest BCUT2D eigenvalue weighted by atomic mass is 32.2. The molecule has 0 bridgehead atoms. The van der Waals surface area contributed by atoms with E-state index in [2.05, 4.69) is 10.3 Å². The van der Waals surface area contributed by atoms with E-state index in [9.17, 15) is 13.2 Å². The van der Waals surface area contributed by atoms with Crippen LogP contribution in [-0.4, -0.2) is 14.3 Å². The van der Waals surface area contributed by atoms with Crippen LogP contribution in [0.15, 0.2) is 59.5 Å². The molecule has 0 aromatic heterocycles. The lowest BCUT2D eigenvalue weighted by molar-refractivity contribution is -0.121. The Kier molecular flexibility index (Phi) is 5.30. The van der Waals surface area contributed by atoms with Gasteiger partial charge in [-0.3, -0.25) is 10.2 Å². The quantitative estimate of drug-likeness (QED) is 0.799. The molecule has 0 atom stereocenters. The molecule has 0 spiro atoms. The number of amides is 1. The first-order chi connectivity index (χ1) is 10.5. The molecule has 6 heteroatoms. The van der Waals surface area contributed by atoms with Gasteiger partial charge in [0.15, 0.2) is 0 Å². The van der Waals surface area contributed by atoms with Crippen molar-refractivity contribution < 1.29 is 13.2 Å². The topological polar surface area (TPSA) is 75.3 Å². The second-order valence-corrected chi connectivity index (χ2v) is 6.63. The van der Waals surface area contributed by atoms with Gasteiger partial charge >= 0.3 is 0 Å². The summed E-state index contributed by atoms with van der Waals surface area (Å²) in [7, 11) is -3.74. The van der Waals surface area contributed by atoms with Crippen molar-refractivity contribution in [3.05, 3.63) is 65.7 Å².